The summed E-state index contributed by atoms with van der Waals surface area (Å²) in [4.78, 5) is 27.8. The van der Waals surface area contributed by atoms with Crippen LogP contribution in [0.25, 0.3) is 11.3 Å². The Morgan fingerprint density at radius 3 is 2.69 bits per heavy atom. The molecule has 0 spiro atoms. The maximum absolute atomic E-state index is 13.0. The van der Waals surface area contributed by atoms with Gasteiger partial charge in [-0.15, -0.1) is 0 Å². The molecule has 2 aliphatic rings. The maximum Gasteiger partial charge on any atom is 0.257 e. The lowest BCUT2D eigenvalue weighted by atomic mass is 10.0. The monoisotopic (exact) mass is 415 g/mol. The normalized spacial score (nSPS) is 21.9. The second kappa shape index (κ2) is 8.57. The molecule has 1 aliphatic heterocycles. The minimum absolute atomic E-state index is 0.00464. The molecule has 2 aromatic rings. The van der Waals surface area contributed by atoms with E-state index in [1.165, 1.54) is 6.42 Å². The van der Waals surface area contributed by atoms with Crippen LogP contribution in [0.2, 0.25) is 5.02 Å². The van der Waals surface area contributed by atoms with E-state index >= 15 is 0 Å². The Hall–Kier alpha value is -2.34. The van der Waals surface area contributed by atoms with Gasteiger partial charge in [-0.2, -0.15) is 0 Å². The molecule has 0 radical (unpaired) electrons. The summed E-state index contributed by atoms with van der Waals surface area (Å²) in [6.45, 7) is 3.46. The van der Waals surface area contributed by atoms with Crippen LogP contribution in [0.5, 0.6) is 0 Å². The van der Waals surface area contributed by atoms with E-state index in [9.17, 15) is 9.59 Å². The van der Waals surface area contributed by atoms with Crippen LogP contribution in [0.4, 0.5) is 0 Å². The summed E-state index contributed by atoms with van der Waals surface area (Å²) >= 11 is 6.29. The molecule has 2 atom stereocenters. The minimum Gasteiger partial charge on any atom is -0.360 e. The molecule has 1 N–H and O–H groups in total. The number of halogens is 1. The van der Waals surface area contributed by atoms with Crippen LogP contribution < -0.4 is 5.32 Å². The van der Waals surface area contributed by atoms with Crippen LogP contribution in [-0.4, -0.2) is 41.0 Å². The second-order valence-electron chi connectivity index (χ2n) is 8.01. The zero-order chi connectivity index (χ0) is 20.4. The molecule has 6 nitrogen and oxygen atoms in total. The van der Waals surface area contributed by atoms with Gasteiger partial charge in [-0.05, 0) is 51.5 Å². The number of piperidine rings is 1. The summed E-state index contributed by atoms with van der Waals surface area (Å²) in [5.41, 5.74) is 1.52. The van der Waals surface area contributed by atoms with Gasteiger partial charge in [0.15, 0.2) is 0 Å². The highest BCUT2D eigenvalue weighted by Crippen LogP contribution is 2.32. The maximum atomic E-state index is 13.0. The molecule has 1 saturated heterocycles. The largest absolute Gasteiger partial charge is 0.360 e. The van der Waals surface area contributed by atoms with Crippen molar-refractivity contribution < 1.29 is 14.1 Å². The summed E-state index contributed by atoms with van der Waals surface area (Å²) in [5.74, 6) is 0.482. The van der Waals surface area contributed by atoms with E-state index in [-0.39, 0.29) is 23.8 Å². The van der Waals surface area contributed by atoms with Crippen molar-refractivity contribution >= 4 is 23.4 Å². The molecular weight excluding hydrogens is 390 g/mol. The van der Waals surface area contributed by atoms with Gasteiger partial charge in [-0.1, -0.05) is 35.0 Å². The number of benzene rings is 1. The van der Waals surface area contributed by atoms with Gasteiger partial charge in [0.05, 0.1) is 5.02 Å². The molecule has 154 valence electrons. The molecule has 29 heavy (non-hydrogen) atoms. The topological polar surface area (TPSA) is 75.4 Å². The van der Waals surface area contributed by atoms with Crippen LogP contribution in [0.1, 0.15) is 54.6 Å². The molecule has 1 aromatic carbocycles. The van der Waals surface area contributed by atoms with E-state index in [2.05, 4.69) is 10.5 Å². The van der Waals surface area contributed by atoms with Crippen molar-refractivity contribution in [3.63, 3.8) is 0 Å². The van der Waals surface area contributed by atoms with Crippen LogP contribution in [0.3, 0.4) is 0 Å². The van der Waals surface area contributed by atoms with Crippen molar-refractivity contribution in [2.45, 2.75) is 51.5 Å². The Balaban J connectivity index is 1.44. The summed E-state index contributed by atoms with van der Waals surface area (Å²) < 4.78 is 5.30. The van der Waals surface area contributed by atoms with Gasteiger partial charge in [-0.25, -0.2) is 0 Å². The molecule has 2 heterocycles. The lowest BCUT2D eigenvalue weighted by molar-refractivity contribution is -0.136. The number of nitrogens with zero attached hydrogens (tertiary/aromatic N) is 2. The van der Waals surface area contributed by atoms with Gasteiger partial charge in [0.1, 0.15) is 17.0 Å². The molecule has 1 saturated carbocycles. The van der Waals surface area contributed by atoms with Crippen LogP contribution in [0, 0.1) is 12.8 Å². The van der Waals surface area contributed by atoms with E-state index in [0.717, 1.165) is 38.8 Å². The Morgan fingerprint density at radius 2 is 1.93 bits per heavy atom. The first-order valence-corrected chi connectivity index (χ1v) is 10.7. The molecular formula is C22H26ClN3O3. The second-order valence-corrected chi connectivity index (χ2v) is 8.42. The van der Waals surface area contributed by atoms with E-state index < -0.39 is 0 Å². The first kappa shape index (κ1) is 20.0. The van der Waals surface area contributed by atoms with Crippen LogP contribution >= 0.6 is 11.6 Å². The van der Waals surface area contributed by atoms with Crippen molar-refractivity contribution in [1.82, 2.24) is 15.4 Å². The Kier molecular flexibility index (Phi) is 5.90. The number of rotatable bonds is 4. The molecule has 0 unspecified atom stereocenters. The van der Waals surface area contributed by atoms with Gasteiger partial charge in [0, 0.05) is 30.6 Å². The lowest BCUT2D eigenvalue weighted by Crippen LogP contribution is -2.40. The Labute approximate surface area is 175 Å². The average molecular weight is 416 g/mol. The first-order chi connectivity index (χ1) is 14.0. The lowest BCUT2D eigenvalue weighted by Gasteiger charge is -2.29. The number of amides is 2. The molecule has 2 fully saturated rings. The quantitative estimate of drug-likeness (QED) is 0.811. The van der Waals surface area contributed by atoms with E-state index in [0.29, 0.717) is 34.0 Å². The highest BCUT2D eigenvalue weighted by molar-refractivity contribution is 6.33. The smallest absolute Gasteiger partial charge is 0.257 e. The van der Waals surface area contributed by atoms with Crippen molar-refractivity contribution in [2.24, 2.45) is 5.92 Å². The van der Waals surface area contributed by atoms with Gasteiger partial charge in [-0.3, -0.25) is 9.59 Å². The third kappa shape index (κ3) is 4.17. The highest BCUT2D eigenvalue weighted by atomic mass is 35.5. The summed E-state index contributed by atoms with van der Waals surface area (Å²) in [6, 6.07) is 7.24. The van der Waals surface area contributed by atoms with Crippen LogP contribution in [0.15, 0.2) is 28.8 Å². The Bertz CT molecular complexity index is 904. The predicted molar refractivity (Wildman–Crippen MR) is 111 cm³/mol. The molecule has 7 heteroatoms. The number of carbonyl (C=O) groups excluding carboxylic acids is 2. The number of aryl methyl sites for hydroxylation is 1. The fraction of sp³-hybridized carbons (Fsp3) is 0.500. The van der Waals surface area contributed by atoms with E-state index in [1.807, 2.05) is 23.1 Å². The van der Waals surface area contributed by atoms with Crippen molar-refractivity contribution in [1.29, 1.82) is 0 Å². The molecule has 4 rings (SSSR count). The summed E-state index contributed by atoms with van der Waals surface area (Å²) in [7, 11) is 0. The molecule has 1 aromatic heterocycles. The zero-order valence-corrected chi connectivity index (χ0v) is 17.4. The number of likely N-dealkylation sites (tertiary alicyclic amines) is 1. The van der Waals surface area contributed by atoms with Crippen LogP contribution in [-0.2, 0) is 4.79 Å². The summed E-state index contributed by atoms with van der Waals surface area (Å²) in [6.07, 6.45) is 5.71. The SMILES string of the molecule is Cc1onc(-c2ccccc2Cl)c1C(=O)N[C@H]1CC[C@@H](C(=O)N2CCCCC2)C1. The standard InChI is InChI=1S/C22H26ClN3O3/c1-14-19(20(25-29-14)17-7-3-4-8-18(17)23)21(27)24-16-10-9-15(13-16)22(28)26-11-5-2-6-12-26/h3-4,7-8,15-16H,2,5-6,9-13H2,1H3,(H,24,27)/t15-,16+/m1/s1. The summed E-state index contributed by atoms with van der Waals surface area (Å²) in [5, 5.41) is 7.67. The first-order valence-electron chi connectivity index (χ1n) is 10.4. The van der Waals surface area contributed by atoms with Crippen molar-refractivity contribution in [3.05, 3.63) is 40.6 Å². The highest BCUT2D eigenvalue weighted by Gasteiger charge is 2.34. The third-order valence-electron chi connectivity index (χ3n) is 6.00. The number of hydrogen-bond acceptors (Lipinski definition) is 4. The van der Waals surface area contributed by atoms with Gasteiger partial charge in [0.25, 0.3) is 5.91 Å². The molecule has 0 bridgehead atoms. The third-order valence-corrected chi connectivity index (χ3v) is 6.33. The number of nitrogens with one attached hydrogen (secondary N) is 1. The van der Waals surface area contributed by atoms with Crippen molar-refractivity contribution in [3.8, 4) is 11.3 Å². The fourth-order valence-corrected chi connectivity index (χ4v) is 4.67. The number of aromatic nitrogens is 1. The van der Waals surface area contributed by atoms with E-state index in [1.54, 1.807) is 13.0 Å². The fourth-order valence-electron chi connectivity index (χ4n) is 4.44. The van der Waals surface area contributed by atoms with Gasteiger partial charge in [0.2, 0.25) is 5.91 Å². The van der Waals surface area contributed by atoms with Gasteiger partial charge >= 0.3 is 0 Å². The number of hydrogen-bond donors (Lipinski definition) is 1. The predicted octanol–water partition coefficient (Wildman–Crippen LogP) is 4.21. The minimum atomic E-state index is -0.227. The van der Waals surface area contributed by atoms with Gasteiger partial charge < -0.3 is 14.7 Å². The number of carbonyl (C=O) groups is 2. The molecule has 1 aliphatic carbocycles. The van der Waals surface area contributed by atoms with E-state index in [4.69, 9.17) is 16.1 Å². The zero-order valence-electron chi connectivity index (χ0n) is 16.6. The van der Waals surface area contributed by atoms with Crippen molar-refractivity contribution in [2.75, 3.05) is 13.1 Å². The Morgan fingerprint density at radius 1 is 1.17 bits per heavy atom. The average Bonchev–Trinajstić information content (AvgIpc) is 3.35. The molecule has 2 amide bonds.